The average molecular weight is 381 g/mol. The van der Waals surface area contributed by atoms with Crippen LogP contribution in [0.4, 0.5) is 13.2 Å². The summed E-state index contributed by atoms with van der Waals surface area (Å²) in [7, 11) is 0. The Hall–Kier alpha value is -2.35. The van der Waals surface area contributed by atoms with Crippen molar-refractivity contribution in [3.63, 3.8) is 0 Å². The van der Waals surface area contributed by atoms with Crippen LogP contribution < -0.4 is 5.32 Å². The van der Waals surface area contributed by atoms with E-state index in [4.69, 9.17) is 4.42 Å². The number of nitrogens with zero attached hydrogens (tertiary/aromatic N) is 2. The number of benzene rings is 1. The van der Waals surface area contributed by atoms with Crippen molar-refractivity contribution in [3.8, 4) is 11.5 Å². The van der Waals surface area contributed by atoms with Gasteiger partial charge in [0.25, 0.3) is 5.91 Å². The number of likely N-dealkylation sites (tertiary alicyclic amines) is 1. The van der Waals surface area contributed by atoms with E-state index in [0.717, 1.165) is 44.6 Å². The van der Waals surface area contributed by atoms with Crippen LogP contribution >= 0.6 is 0 Å². The third-order valence-corrected chi connectivity index (χ3v) is 4.58. The predicted octanol–water partition coefficient (Wildman–Crippen LogP) is 3.97. The van der Waals surface area contributed by atoms with Crippen LogP contribution in [-0.2, 0) is 6.18 Å². The van der Waals surface area contributed by atoms with Gasteiger partial charge in [0.1, 0.15) is 6.26 Å². The number of halogens is 3. The van der Waals surface area contributed by atoms with Gasteiger partial charge in [0.05, 0.1) is 5.56 Å². The minimum atomic E-state index is -4.39. The Bertz CT molecular complexity index is 750. The number of oxazole rings is 1. The van der Waals surface area contributed by atoms with Gasteiger partial charge < -0.3 is 14.6 Å². The van der Waals surface area contributed by atoms with E-state index in [1.54, 1.807) is 0 Å². The molecule has 2 aromatic rings. The monoisotopic (exact) mass is 381 g/mol. The predicted molar refractivity (Wildman–Crippen MR) is 94.2 cm³/mol. The molecule has 0 saturated carbocycles. The molecule has 0 spiro atoms. The molecule has 1 saturated heterocycles. The van der Waals surface area contributed by atoms with E-state index >= 15 is 0 Å². The first kappa shape index (κ1) is 19.4. The number of hydrogen-bond donors (Lipinski definition) is 1. The van der Waals surface area contributed by atoms with E-state index < -0.39 is 11.7 Å². The number of unbranched alkanes of at least 4 members (excludes halogenated alkanes) is 1. The molecule has 146 valence electrons. The summed E-state index contributed by atoms with van der Waals surface area (Å²) in [6, 6.07) is 4.46. The first-order chi connectivity index (χ1) is 12.9. The zero-order valence-electron chi connectivity index (χ0n) is 14.9. The first-order valence-electron chi connectivity index (χ1n) is 9.07. The second-order valence-electron chi connectivity index (χ2n) is 6.62. The lowest BCUT2D eigenvalue weighted by Gasteiger charge is -2.13. The van der Waals surface area contributed by atoms with E-state index in [1.165, 1.54) is 31.2 Å². The van der Waals surface area contributed by atoms with Crippen molar-refractivity contribution >= 4 is 5.91 Å². The van der Waals surface area contributed by atoms with Crippen LogP contribution in [0.2, 0.25) is 0 Å². The molecule has 1 N–H and O–H groups in total. The fourth-order valence-electron chi connectivity index (χ4n) is 3.07. The van der Waals surface area contributed by atoms with E-state index in [1.807, 2.05) is 0 Å². The van der Waals surface area contributed by atoms with Crippen molar-refractivity contribution in [2.45, 2.75) is 31.9 Å². The van der Waals surface area contributed by atoms with Gasteiger partial charge in [-0.2, -0.15) is 13.2 Å². The second-order valence-corrected chi connectivity index (χ2v) is 6.62. The smallest absolute Gasteiger partial charge is 0.416 e. The van der Waals surface area contributed by atoms with Gasteiger partial charge >= 0.3 is 6.18 Å². The summed E-state index contributed by atoms with van der Waals surface area (Å²) in [6.45, 7) is 3.93. The highest BCUT2D eigenvalue weighted by atomic mass is 19.4. The molecular weight excluding hydrogens is 359 g/mol. The van der Waals surface area contributed by atoms with Gasteiger partial charge in [0, 0.05) is 12.1 Å². The average Bonchev–Trinajstić information content (AvgIpc) is 3.33. The molecule has 8 heteroatoms. The lowest BCUT2D eigenvalue weighted by molar-refractivity contribution is -0.137. The molecule has 0 atom stereocenters. The quantitative estimate of drug-likeness (QED) is 0.738. The molecule has 2 heterocycles. The Labute approximate surface area is 155 Å². The topological polar surface area (TPSA) is 58.4 Å². The third kappa shape index (κ3) is 5.32. The molecule has 1 fully saturated rings. The first-order valence-corrected chi connectivity index (χ1v) is 9.07. The van der Waals surface area contributed by atoms with E-state index in [-0.39, 0.29) is 17.5 Å². The Kier molecular flexibility index (Phi) is 6.15. The number of aromatic nitrogens is 1. The molecule has 0 aliphatic carbocycles. The second kappa shape index (κ2) is 8.56. The summed E-state index contributed by atoms with van der Waals surface area (Å²) in [4.78, 5) is 18.6. The SMILES string of the molecule is O=C(NCCCCN1CCCC1)c1coc(-c2ccc(C(F)(F)F)cc2)n1. The van der Waals surface area contributed by atoms with Crippen molar-refractivity contribution in [1.82, 2.24) is 15.2 Å². The van der Waals surface area contributed by atoms with Gasteiger partial charge in [-0.15, -0.1) is 0 Å². The maximum Gasteiger partial charge on any atom is 0.416 e. The van der Waals surface area contributed by atoms with Crippen molar-refractivity contribution in [3.05, 3.63) is 41.8 Å². The molecule has 1 aromatic carbocycles. The summed E-state index contributed by atoms with van der Waals surface area (Å²) < 4.78 is 43.0. The summed E-state index contributed by atoms with van der Waals surface area (Å²) >= 11 is 0. The van der Waals surface area contributed by atoms with Gasteiger partial charge in [-0.1, -0.05) is 0 Å². The number of amides is 1. The highest BCUT2D eigenvalue weighted by molar-refractivity contribution is 5.92. The van der Waals surface area contributed by atoms with E-state index in [9.17, 15) is 18.0 Å². The van der Waals surface area contributed by atoms with Crippen LogP contribution in [-0.4, -0.2) is 42.0 Å². The standard InChI is InChI=1S/C19H22F3N3O2/c20-19(21,22)15-7-5-14(6-8-15)18-24-16(13-27-18)17(26)23-9-1-2-10-25-11-3-4-12-25/h5-8,13H,1-4,9-12H2,(H,23,26). The lowest BCUT2D eigenvalue weighted by atomic mass is 10.1. The molecule has 3 rings (SSSR count). The Morgan fingerprint density at radius 2 is 1.85 bits per heavy atom. The summed E-state index contributed by atoms with van der Waals surface area (Å²) in [5.41, 5.74) is -0.248. The normalized spacial score (nSPS) is 15.2. The zero-order valence-corrected chi connectivity index (χ0v) is 14.9. The molecule has 0 unspecified atom stereocenters. The highest BCUT2D eigenvalue weighted by Gasteiger charge is 2.30. The molecule has 0 radical (unpaired) electrons. The summed E-state index contributed by atoms with van der Waals surface area (Å²) in [6.07, 6.45) is 1.26. The fourth-order valence-corrected chi connectivity index (χ4v) is 3.07. The molecule has 27 heavy (non-hydrogen) atoms. The maximum absolute atomic E-state index is 12.6. The van der Waals surface area contributed by atoms with Crippen molar-refractivity contribution in [2.75, 3.05) is 26.2 Å². The fraction of sp³-hybridized carbons (Fsp3) is 0.474. The number of rotatable bonds is 7. The van der Waals surface area contributed by atoms with Crippen LogP contribution in [0.15, 0.2) is 34.9 Å². The van der Waals surface area contributed by atoms with Gasteiger partial charge in [-0.3, -0.25) is 4.79 Å². The highest BCUT2D eigenvalue weighted by Crippen LogP contribution is 2.30. The lowest BCUT2D eigenvalue weighted by Crippen LogP contribution is -2.26. The van der Waals surface area contributed by atoms with Gasteiger partial charge in [0.2, 0.25) is 5.89 Å². The molecule has 1 aliphatic rings. The maximum atomic E-state index is 12.6. The van der Waals surface area contributed by atoms with Crippen LogP contribution in [0.1, 0.15) is 41.7 Å². The summed E-state index contributed by atoms with van der Waals surface area (Å²) in [5, 5.41) is 2.79. The van der Waals surface area contributed by atoms with Crippen molar-refractivity contribution in [1.29, 1.82) is 0 Å². The minimum Gasteiger partial charge on any atom is -0.444 e. The third-order valence-electron chi connectivity index (χ3n) is 4.58. The molecule has 1 amide bonds. The largest absolute Gasteiger partial charge is 0.444 e. The molecule has 1 aliphatic heterocycles. The van der Waals surface area contributed by atoms with Crippen LogP contribution in [0, 0.1) is 0 Å². The van der Waals surface area contributed by atoms with Crippen LogP contribution in [0.25, 0.3) is 11.5 Å². The molecule has 5 nitrogen and oxygen atoms in total. The Morgan fingerprint density at radius 1 is 1.15 bits per heavy atom. The van der Waals surface area contributed by atoms with Gasteiger partial charge in [-0.25, -0.2) is 4.98 Å². The van der Waals surface area contributed by atoms with Crippen LogP contribution in [0.3, 0.4) is 0 Å². The van der Waals surface area contributed by atoms with Crippen LogP contribution in [0.5, 0.6) is 0 Å². The van der Waals surface area contributed by atoms with Crippen molar-refractivity contribution in [2.24, 2.45) is 0 Å². The number of nitrogens with one attached hydrogen (secondary N) is 1. The Balaban J connectivity index is 1.47. The van der Waals surface area contributed by atoms with E-state index in [0.29, 0.717) is 12.1 Å². The molecule has 1 aromatic heterocycles. The van der Waals surface area contributed by atoms with Gasteiger partial charge in [0.15, 0.2) is 5.69 Å². The minimum absolute atomic E-state index is 0.114. The van der Waals surface area contributed by atoms with E-state index in [2.05, 4.69) is 15.2 Å². The molecular formula is C19H22F3N3O2. The number of alkyl halides is 3. The molecule has 0 bridgehead atoms. The Morgan fingerprint density at radius 3 is 2.52 bits per heavy atom. The summed E-state index contributed by atoms with van der Waals surface area (Å²) in [5.74, 6) is -0.235. The van der Waals surface area contributed by atoms with Gasteiger partial charge in [-0.05, 0) is 69.6 Å². The zero-order chi connectivity index (χ0) is 19.3. The number of hydrogen-bond acceptors (Lipinski definition) is 4. The number of carbonyl (C=O) groups is 1. The van der Waals surface area contributed by atoms with Crippen molar-refractivity contribution < 1.29 is 22.4 Å². The number of carbonyl (C=O) groups excluding carboxylic acids is 1.